The highest BCUT2D eigenvalue weighted by atomic mass is 19.1. The average Bonchev–Trinajstić information content (AvgIpc) is 3.04. The number of halogens is 1. The first kappa shape index (κ1) is 19.6. The Morgan fingerprint density at radius 2 is 2.12 bits per heavy atom. The molecule has 0 fully saturated rings. The van der Waals surface area contributed by atoms with Crippen molar-refractivity contribution in [3.05, 3.63) is 53.9 Å². The van der Waals surface area contributed by atoms with E-state index in [1.54, 1.807) is 38.4 Å². The van der Waals surface area contributed by atoms with Gasteiger partial charge in [-0.05, 0) is 57.2 Å². The van der Waals surface area contributed by atoms with Gasteiger partial charge in [0.25, 0.3) is 0 Å². The molecule has 138 valence electrons. The molecule has 25 heavy (non-hydrogen) atoms. The van der Waals surface area contributed by atoms with E-state index in [0.717, 1.165) is 11.4 Å². The van der Waals surface area contributed by atoms with Gasteiger partial charge in [-0.15, -0.1) is 0 Å². The molecule has 0 aliphatic carbocycles. The van der Waals surface area contributed by atoms with Gasteiger partial charge in [-0.1, -0.05) is 12.1 Å². The first-order valence-electron chi connectivity index (χ1n) is 8.64. The average molecular weight is 349 g/mol. The summed E-state index contributed by atoms with van der Waals surface area (Å²) in [5.41, 5.74) is 6.11. The van der Waals surface area contributed by atoms with Gasteiger partial charge in [0.05, 0.1) is 11.7 Å². The number of hydrogen-bond donors (Lipinski definition) is 4. The molecule has 3 atom stereocenters. The molecule has 1 heterocycles. The lowest BCUT2D eigenvalue weighted by molar-refractivity contribution is 0.0616. The molecule has 3 unspecified atom stereocenters. The van der Waals surface area contributed by atoms with Crippen LogP contribution in [0.5, 0.6) is 0 Å². The van der Waals surface area contributed by atoms with Crippen LogP contribution in [0.15, 0.2) is 36.7 Å². The standard InChI is InChI=1S/C19H28FN3O2/c1-19(2,25)7-6-14(18-22-8-9-23-18)12-17(24)16(21)11-13-4-3-5-15(20)10-13/h3-5,8-10,14,16-17,24-25H,6-7,11-12,21H2,1-2H3,(H,22,23). The van der Waals surface area contributed by atoms with Crippen LogP contribution >= 0.6 is 0 Å². The normalized spacial score (nSPS) is 15.8. The Kier molecular flexibility index (Phi) is 6.70. The maximum atomic E-state index is 13.3. The molecular weight excluding hydrogens is 321 g/mol. The molecule has 1 aromatic heterocycles. The van der Waals surface area contributed by atoms with E-state index in [1.807, 2.05) is 0 Å². The first-order chi connectivity index (χ1) is 11.7. The van der Waals surface area contributed by atoms with Gasteiger partial charge in [-0.25, -0.2) is 9.37 Å². The third kappa shape index (κ3) is 6.57. The minimum absolute atomic E-state index is 0.0324. The Labute approximate surface area is 148 Å². The van der Waals surface area contributed by atoms with Gasteiger partial charge in [0.15, 0.2) is 0 Å². The Morgan fingerprint density at radius 1 is 1.36 bits per heavy atom. The molecule has 5 nitrogen and oxygen atoms in total. The second kappa shape index (κ2) is 8.56. The summed E-state index contributed by atoms with van der Waals surface area (Å²) >= 11 is 0. The van der Waals surface area contributed by atoms with Crippen molar-refractivity contribution in [2.75, 3.05) is 0 Å². The largest absolute Gasteiger partial charge is 0.391 e. The van der Waals surface area contributed by atoms with Crippen molar-refractivity contribution in [3.63, 3.8) is 0 Å². The van der Waals surface area contributed by atoms with E-state index >= 15 is 0 Å². The number of nitrogens with two attached hydrogens (primary N) is 1. The zero-order valence-electron chi connectivity index (χ0n) is 14.8. The van der Waals surface area contributed by atoms with Crippen LogP contribution in [-0.2, 0) is 6.42 Å². The molecule has 5 N–H and O–H groups in total. The van der Waals surface area contributed by atoms with Crippen LogP contribution in [0, 0.1) is 5.82 Å². The summed E-state index contributed by atoms with van der Waals surface area (Å²) in [5, 5.41) is 20.5. The number of imidazole rings is 1. The van der Waals surface area contributed by atoms with Gasteiger partial charge in [-0.2, -0.15) is 0 Å². The number of aromatic amines is 1. The highest BCUT2D eigenvalue weighted by molar-refractivity contribution is 5.17. The van der Waals surface area contributed by atoms with Gasteiger partial charge in [0, 0.05) is 24.4 Å². The van der Waals surface area contributed by atoms with Crippen molar-refractivity contribution in [1.29, 1.82) is 0 Å². The molecule has 0 aliphatic rings. The fourth-order valence-corrected chi connectivity index (χ4v) is 2.93. The van der Waals surface area contributed by atoms with Crippen LogP contribution in [0.3, 0.4) is 0 Å². The SMILES string of the molecule is CC(C)(O)CCC(CC(O)C(N)Cc1cccc(F)c1)c1ncc[nH]1. The van der Waals surface area contributed by atoms with Crippen molar-refractivity contribution in [1.82, 2.24) is 9.97 Å². The second-order valence-electron chi connectivity index (χ2n) is 7.32. The van der Waals surface area contributed by atoms with E-state index in [4.69, 9.17) is 5.73 Å². The van der Waals surface area contributed by atoms with Crippen LogP contribution in [0.4, 0.5) is 4.39 Å². The van der Waals surface area contributed by atoms with E-state index in [2.05, 4.69) is 9.97 Å². The zero-order valence-corrected chi connectivity index (χ0v) is 14.8. The smallest absolute Gasteiger partial charge is 0.123 e. The highest BCUT2D eigenvalue weighted by Gasteiger charge is 2.25. The molecule has 2 aromatic rings. The number of nitrogens with one attached hydrogen (secondary N) is 1. The molecule has 0 spiro atoms. The lowest BCUT2D eigenvalue weighted by Crippen LogP contribution is -2.38. The zero-order chi connectivity index (χ0) is 18.4. The van der Waals surface area contributed by atoms with Gasteiger partial charge < -0.3 is 20.9 Å². The van der Waals surface area contributed by atoms with Gasteiger partial charge in [0.1, 0.15) is 11.6 Å². The lowest BCUT2D eigenvalue weighted by Gasteiger charge is -2.25. The summed E-state index contributed by atoms with van der Waals surface area (Å²) in [7, 11) is 0. The summed E-state index contributed by atoms with van der Waals surface area (Å²) in [6, 6.07) is 5.76. The highest BCUT2D eigenvalue weighted by Crippen LogP contribution is 2.28. The number of aromatic nitrogens is 2. The summed E-state index contributed by atoms with van der Waals surface area (Å²) in [6.45, 7) is 3.52. The molecule has 0 aliphatic heterocycles. The van der Waals surface area contributed by atoms with Crippen LogP contribution in [-0.4, -0.2) is 37.9 Å². The van der Waals surface area contributed by atoms with Crippen LogP contribution in [0.2, 0.25) is 0 Å². The summed E-state index contributed by atoms with van der Waals surface area (Å²) < 4.78 is 13.3. The number of aliphatic hydroxyl groups excluding tert-OH is 1. The quantitative estimate of drug-likeness (QED) is 0.559. The molecule has 0 saturated carbocycles. The summed E-state index contributed by atoms with van der Waals surface area (Å²) in [5.74, 6) is 0.439. The van der Waals surface area contributed by atoms with Crippen LogP contribution < -0.4 is 5.73 Å². The third-order valence-corrected chi connectivity index (χ3v) is 4.39. The summed E-state index contributed by atoms with van der Waals surface area (Å²) in [6.07, 6.45) is 4.76. The number of aliphatic hydroxyl groups is 2. The predicted octanol–water partition coefficient (Wildman–Crippen LogP) is 2.50. The lowest BCUT2D eigenvalue weighted by atomic mass is 9.88. The van der Waals surface area contributed by atoms with Crippen molar-refractivity contribution in [2.24, 2.45) is 5.73 Å². The number of nitrogens with zero attached hydrogens (tertiary/aromatic N) is 1. The second-order valence-corrected chi connectivity index (χ2v) is 7.32. The van der Waals surface area contributed by atoms with Crippen LogP contribution in [0.25, 0.3) is 0 Å². The van der Waals surface area contributed by atoms with Crippen molar-refractivity contribution in [3.8, 4) is 0 Å². The minimum atomic E-state index is -0.778. The molecular formula is C19H28FN3O2. The third-order valence-electron chi connectivity index (χ3n) is 4.39. The van der Waals surface area contributed by atoms with Gasteiger partial charge >= 0.3 is 0 Å². The molecule has 0 radical (unpaired) electrons. The molecule has 1 aromatic carbocycles. The monoisotopic (exact) mass is 349 g/mol. The number of benzene rings is 1. The fraction of sp³-hybridized carbons (Fsp3) is 0.526. The van der Waals surface area contributed by atoms with E-state index in [-0.39, 0.29) is 11.7 Å². The number of H-pyrrole nitrogens is 1. The van der Waals surface area contributed by atoms with E-state index in [9.17, 15) is 14.6 Å². The van der Waals surface area contributed by atoms with Crippen molar-refractivity contribution in [2.45, 2.75) is 63.2 Å². The molecule has 6 heteroatoms. The first-order valence-corrected chi connectivity index (χ1v) is 8.64. The predicted molar refractivity (Wildman–Crippen MR) is 95.6 cm³/mol. The van der Waals surface area contributed by atoms with E-state index in [1.165, 1.54) is 12.1 Å². The maximum absolute atomic E-state index is 13.3. The number of hydrogen-bond acceptors (Lipinski definition) is 4. The minimum Gasteiger partial charge on any atom is -0.391 e. The molecule has 0 bridgehead atoms. The van der Waals surface area contributed by atoms with Crippen molar-refractivity contribution >= 4 is 0 Å². The molecule has 0 amide bonds. The molecule has 2 rings (SSSR count). The maximum Gasteiger partial charge on any atom is 0.123 e. The Bertz CT molecular complexity index is 640. The Morgan fingerprint density at radius 3 is 2.72 bits per heavy atom. The van der Waals surface area contributed by atoms with Crippen molar-refractivity contribution < 1.29 is 14.6 Å². The fourth-order valence-electron chi connectivity index (χ4n) is 2.93. The number of rotatable bonds is 9. The Balaban J connectivity index is 1.99. The topological polar surface area (TPSA) is 95.2 Å². The van der Waals surface area contributed by atoms with E-state index < -0.39 is 17.7 Å². The van der Waals surface area contributed by atoms with Gasteiger partial charge in [-0.3, -0.25) is 0 Å². The molecule has 0 saturated heterocycles. The van der Waals surface area contributed by atoms with Gasteiger partial charge in [0.2, 0.25) is 0 Å². The Hall–Kier alpha value is -1.76. The van der Waals surface area contributed by atoms with Crippen LogP contribution in [0.1, 0.15) is 50.4 Å². The van der Waals surface area contributed by atoms with E-state index in [0.29, 0.717) is 25.7 Å². The summed E-state index contributed by atoms with van der Waals surface area (Å²) in [4.78, 5) is 7.37.